The molecule has 0 aliphatic rings. The van der Waals surface area contributed by atoms with Crippen LogP contribution in [0.1, 0.15) is 70.4 Å². The summed E-state index contributed by atoms with van der Waals surface area (Å²) in [6.45, 7) is 9.95. The van der Waals surface area contributed by atoms with Crippen LogP contribution in [-0.4, -0.2) is 49.7 Å². The van der Waals surface area contributed by atoms with Crippen LogP contribution in [0.4, 0.5) is 5.69 Å². The van der Waals surface area contributed by atoms with Crippen LogP contribution in [0.2, 0.25) is 0 Å². The molecule has 0 N–H and O–H groups in total. The summed E-state index contributed by atoms with van der Waals surface area (Å²) in [5, 5.41) is 0. The average Bonchev–Trinajstić information content (AvgIpc) is 3.18. The number of aryl methyl sites for hydroxylation is 1. The van der Waals surface area contributed by atoms with Gasteiger partial charge in [0, 0.05) is 18.7 Å². The normalized spacial score (nSPS) is 10.7. The SMILES string of the molecule is C=CC(=O)CCCCCOc1ccc(C(=O)Oc2ccc(/N=C/c3ccc(OC(=O)c4ccc(OCCCCOC(=O)C=C)cc4)cc3)cc2C)cc1. The van der Waals surface area contributed by atoms with Crippen LogP contribution >= 0.6 is 0 Å². The lowest BCUT2D eigenvalue weighted by Crippen LogP contribution is -2.09. The maximum Gasteiger partial charge on any atom is 0.343 e. The fraction of sp³-hybridized carbons (Fsp3) is 0.233. The van der Waals surface area contributed by atoms with Crippen molar-refractivity contribution in [2.24, 2.45) is 4.99 Å². The minimum Gasteiger partial charge on any atom is -0.494 e. The molecule has 274 valence electrons. The number of aliphatic imine (C=N–C) groups is 1. The summed E-state index contributed by atoms with van der Waals surface area (Å²) in [7, 11) is 0. The van der Waals surface area contributed by atoms with Crippen molar-refractivity contribution < 1.29 is 42.9 Å². The second-order valence-corrected chi connectivity index (χ2v) is 11.9. The van der Waals surface area contributed by atoms with E-state index in [1.165, 1.54) is 6.08 Å². The molecule has 0 aliphatic heterocycles. The van der Waals surface area contributed by atoms with Gasteiger partial charge in [-0.25, -0.2) is 14.4 Å². The smallest absolute Gasteiger partial charge is 0.343 e. The van der Waals surface area contributed by atoms with E-state index in [-0.39, 0.29) is 5.78 Å². The van der Waals surface area contributed by atoms with Crippen molar-refractivity contribution in [1.82, 2.24) is 0 Å². The Bertz CT molecular complexity index is 1880. The maximum absolute atomic E-state index is 12.8. The zero-order valence-corrected chi connectivity index (χ0v) is 29.8. The van der Waals surface area contributed by atoms with Crippen LogP contribution in [0.25, 0.3) is 0 Å². The molecular weight excluding hydrogens is 674 g/mol. The zero-order chi connectivity index (χ0) is 37.8. The van der Waals surface area contributed by atoms with Gasteiger partial charge in [-0.1, -0.05) is 13.2 Å². The molecule has 0 atom stereocenters. The molecule has 10 nitrogen and oxygen atoms in total. The van der Waals surface area contributed by atoms with Gasteiger partial charge in [-0.3, -0.25) is 9.79 Å². The predicted octanol–water partition coefficient (Wildman–Crippen LogP) is 8.77. The first-order valence-electron chi connectivity index (χ1n) is 17.3. The van der Waals surface area contributed by atoms with Gasteiger partial charge in [0.15, 0.2) is 5.78 Å². The molecule has 4 aromatic rings. The Morgan fingerprint density at radius 3 is 1.77 bits per heavy atom. The van der Waals surface area contributed by atoms with Crippen molar-refractivity contribution in [1.29, 1.82) is 0 Å². The van der Waals surface area contributed by atoms with Gasteiger partial charge in [-0.05, 0) is 147 Å². The Balaban J connectivity index is 1.19. The molecule has 0 amide bonds. The van der Waals surface area contributed by atoms with Gasteiger partial charge in [0.2, 0.25) is 0 Å². The number of hydrogen-bond donors (Lipinski definition) is 0. The number of ketones is 1. The van der Waals surface area contributed by atoms with E-state index >= 15 is 0 Å². The van der Waals surface area contributed by atoms with E-state index in [4.69, 9.17) is 23.7 Å². The summed E-state index contributed by atoms with van der Waals surface area (Å²) in [4.78, 5) is 52.3. The van der Waals surface area contributed by atoms with Crippen LogP contribution < -0.4 is 18.9 Å². The molecule has 0 saturated heterocycles. The lowest BCUT2D eigenvalue weighted by molar-refractivity contribution is -0.137. The van der Waals surface area contributed by atoms with Crippen molar-refractivity contribution in [3.63, 3.8) is 0 Å². The van der Waals surface area contributed by atoms with Crippen molar-refractivity contribution in [2.45, 2.75) is 45.4 Å². The van der Waals surface area contributed by atoms with Crippen molar-refractivity contribution in [2.75, 3.05) is 19.8 Å². The molecule has 0 bridgehead atoms. The number of ether oxygens (including phenoxy) is 5. The molecule has 0 heterocycles. The van der Waals surface area contributed by atoms with Gasteiger partial charge in [0.05, 0.1) is 36.6 Å². The Morgan fingerprint density at radius 1 is 0.623 bits per heavy atom. The van der Waals surface area contributed by atoms with E-state index in [9.17, 15) is 19.2 Å². The molecule has 0 aliphatic carbocycles. The number of carbonyl (C=O) groups excluding carboxylic acids is 4. The van der Waals surface area contributed by atoms with E-state index in [1.54, 1.807) is 91.1 Å². The van der Waals surface area contributed by atoms with Gasteiger partial charge in [0.1, 0.15) is 23.0 Å². The number of hydrogen-bond acceptors (Lipinski definition) is 10. The van der Waals surface area contributed by atoms with Gasteiger partial charge in [-0.15, -0.1) is 0 Å². The number of allylic oxidation sites excluding steroid dienone is 1. The highest BCUT2D eigenvalue weighted by molar-refractivity contribution is 5.92. The lowest BCUT2D eigenvalue weighted by Gasteiger charge is -2.09. The summed E-state index contributed by atoms with van der Waals surface area (Å²) >= 11 is 0. The molecule has 10 heteroatoms. The number of benzene rings is 4. The largest absolute Gasteiger partial charge is 0.494 e. The van der Waals surface area contributed by atoms with E-state index in [0.29, 0.717) is 78.9 Å². The fourth-order valence-electron chi connectivity index (χ4n) is 4.79. The Morgan fingerprint density at radius 2 is 1.19 bits per heavy atom. The molecule has 0 aromatic heterocycles. The molecule has 4 aromatic carbocycles. The van der Waals surface area contributed by atoms with E-state index in [1.807, 2.05) is 13.0 Å². The second-order valence-electron chi connectivity index (χ2n) is 11.9. The third kappa shape index (κ3) is 13.7. The van der Waals surface area contributed by atoms with Gasteiger partial charge in [-0.2, -0.15) is 0 Å². The third-order valence-electron chi connectivity index (χ3n) is 7.78. The van der Waals surface area contributed by atoms with E-state index in [0.717, 1.165) is 36.5 Å². The van der Waals surface area contributed by atoms with Crippen LogP contribution in [-0.2, 0) is 14.3 Å². The molecule has 0 spiro atoms. The Hall–Kier alpha value is -6.29. The number of rotatable bonds is 21. The molecule has 0 radical (unpaired) electrons. The zero-order valence-electron chi connectivity index (χ0n) is 29.8. The van der Waals surface area contributed by atoms with Gasteiger partial charge < -0.3 is 23.7 Å². The summed E-state index contributed by atoms with van der Waals surface area (Å²) in [6.07, 6.45) is 8.56. The number of nitrogens with zero attached hydrogens (tertiary/aromatic N) is 1. The maximum atomic E-state index is 12.8. The molecule has 0 fully saturated rings. The fourth-order valence-corrected chi connectivity index (χ4v) is 4.79. The van der Waals surface area contributed by atoms with Crippen LogP contribution in [0, 0.1) is 6.92 Å². The van der Waals surface area contributed by atoms with Crippen molar-refractivity contribution in [3.8, 4) is 23.0 Å². The highest BCUT2D eigenvalue weighted by Crippen LogP contribution is 2.25. The standard InChI is InChI=1S/C43H43NO9/c1-4-36(45)11-7-6-8-26-49-37-23-16-34(17-24-37)43(48)53-40-25-18-35(29-31(40)3)44-30-32-12-19-39(20-13-32)52-42(47)33-14-21-38(22-15-33)50-27-9-10-28-51-41(46)5-2/h4-5,12-25,29-30H,1-2,6-11,26-28H2,3H3/b44-30+. The molecule has 0 unspecified atom stereocenters. The Kier molecular flexibility index (Phi) is 15.8. The number of carbonyl (C=O) groups is 4. The molecular formula is C43H43NO9. The van der Waals surface area contributed by atoms with Crippen molar-refractivity contribution in [3.05, 3.63) is 139 Å². The topological polar surface area (TPSA) is 127 Å². The number of esters is 3. The first kappa shape index (κ1) is 39.5. The van der Waals surface area contributed by atoms with Crippen molar-refractivity contribution >= 4 is 35.6 Å². The summed E-state index contributed by atoms with van der Waals surface area (Å²) in [5.74, 6) is 0.719. The lowest BCUT2D eigenvalue weighted by atomic mass is 10.1. The third-order valence-corrected chi connectivity index (χ3v) is 7.78. The second kappa shape index (κ2) is 21.2. The molecule has 0 saturated carbocycles. The number of unbranched alkanes of at least 4 members (excludes halogenated alkanes) is 3. The molecule has 4 rings (SSSR count). The molecule has 53 heavy (non-hydrogen) atoms. The average molecular weight is 718 g/mol. The summed E-state index contributed by atoms with van der Waals surface area (Å²) in [6, 6.07) is 25.7. The highest BCUT2D eigenvalue weighted by Gasteiger charge is 2.12. The monoisotopic (exact) mass is 717 g/mol. The first-order valence-corrected chi connectivity index (χ1v) is 17.3. The van der Waals surface area contributed by atoms with E-state index < -0.39 is 17.9 Å². The highest BCUT2D eigenvalue weighted by atomic mass is 16.5. The van der Waals surface area contributed by atoms with Gasteiger partial charge in [0.25, 0.3) is 0 Å². The summed E-state index contributed by atoms with van der Waals surface area (Å²) < 4.78 is 27.5. The van der Waals surface area contributed by atoms with Crippen LogP contribution in [0.5, 0.6) is 23.0 Å². The van der Waals surface area contributed by atoms with E-state index in [2.05, 4.69) is 18.2 Å². The minimum absolute atomic E-state index is 0.0549. The quantitative estimate of drug-likeness (QED) is 0.0273. The van der Waals surface area contributed by atoms with Crippen LogP contribution in [0.3, 0.4) is 0 Å². The summed E-state index contributed by atoms with van der Waals surface area (Å²) in [5.41, 5.74) is 2.99. The van der Waals surface area contributed by atoms with Crippen LogP contribution in [0.15, 0.2) is 121 Å². The van der Waals surface area contributed by atoms with Gasteiger partial charge >= 0.3 is 17.9 Å². The Labute approximate surface area is 309 Å². The minimum atomic E-state index is -0.498. The first-order chi connectivity index (χ1) is 25.7. The predicted molar refractivity (Wildman–Crippen MR) is 203 cm³/mol.